The van der Waals surface area contributed by atoms with Gasteiger partial charge in [-0.3, -0.25) is 14.5 Å². The van der Waals surface area contributed by atoms with Crippen molar-refractivity contribution in [3.8, 4) is 0 Å². The Morgan fingerprint density at radius 3 is 1.41 bits per heavy atom. The van der Waals surface area contributed by atoms with Crippen LogP contribution in [-0.4, -0.2) is 34.7 Å². The molecule has 0 spiro atoms. The summed E-state index contributed by atoms with van der Waals surface area (Å²) in [6.07, 6.45) is 0.674. The van der Waals surface area contributed by atoms with Gasteiger partial charge >= 0.3 is 11.9 Å². The van der Waals surface area contributed by atoms with Gasteiger partial charge in [-0.05, 0) is 69.9 Å². The lowest BCUT2D eigenvalue weighted by molar-refractivity contribution is 0.0389. The number of fused-ring (bicyclic) bond motifs is 2. The Labute approximate surface area is 193 Å². The van der Waals surface area contributed by atoms with E-state index in [0.29, 0.717) is 39.4 Å². The maximum absolute atomic E-state index is 13.4. The number of nitrogens with zero attached hydrogens (tertiary/aromatic N) is 1. The van der Waals surface area contributed by atoms with Crippen molar-refractivity contribution in [2.45, 2.75) is 26.3 Å². The first-order chi connectivity index (χ1) is 16.4. The largest absolute Gasteiger partial charge is 0.386 e. The monoisotopic (exact) mass is 447 g/mol. The zero-order valence-corrected chi connectivity index (χ0v) is 18.4. The number of esters is 2. The molecule has 2 amide bonds. The van der Waals surface area contributed by atoms with Crippen LogP contribution in [0.1, 0.15) is 61.7 Å². The van der Waals surface area contributed by atoms with Gasteiger partial charge in [0.25, 0.3) is 11.8 Å². The molecule has 1 unspecified atom stereocenters. The first kappa shape index (κ1) is 19.2. The van der Waals surface area contributed by atoms with Crippen LogP contribution in [0, 0.1) is 0 Å². The van der Waals surface area contributed by atoms with Gasteiger partial charge in [0, 0.05) is 27.9 Å². The molecular formula is C28H17NO5. The van der Waals surface area contributed by atoms with Gasteiger partial charge in [0.15, 0.2) is 0 Å². The van der Waals surface area contributed by atoms with Crippen molar-refractivity contribution < 1.29 is 23.9 Å². The van der Waals surface area contributed by atoms with Gasteiger partial charge in [-0.25, -0.2) is 9.59 Å². The summed E-state index contributed by atoms with van der Waals surface area (Å²) in [5.41, 5.74) is 1.75. The zero-order chi connectivity index (χ0) is 23.5. The summed E-state index contributed by atoms with van der Waals surface area (Å²) in [6.45, 7) is 3.84. The van der Waals surface area contributed by atoms with Crippen molar-refractivity contribution in [1.29, 1.82) is 0 Å². The van der Waals surface area contributed by atoms with E-state index in [9.17, 15) is 19.2 Å². The number of hydrogen-bond donors (Lipinski definition) is 0. The molecular weight excluding hydrogens is 430 g/mol. The summed E-state index contributed by atoms with van der Waals surface area (Å²) in [4.78, 5) is 53.1. The van der Waals surface area contributed by atoms with Crippen LogP contribution in [0.15, 0.2) is 48.5 Å². The molecule has 7 rings (SSSR count). The molecule has 2 heterocycles. The standard InChI is InChI=1S/C28H17NO5/c1-3-12(2)29-25(30)17-8-4-13-15-6-10-19-24-20(28(33)34-27(19)32)11-7-16(22(15)24)14-5-9-18(26(29)31)23(17)21(13)14/h4-12H,3H2,1-2H3. The second kappa shape index (κ2) is 6.17. The summed E-state index contributed by atoms with van der Waals surface area (Å²) < 4.78 is 4.92. The Morgan fingerprint density at radius 2 is 1.00 bits per heavy atom. The quantitative estimate of drug-likeness (QED) is 0.118. The van der Waals surface area contributed by atoms with Crippen LogP contribution >= 0.6 is 0 Å². The summed E-state index contributed by atoms with van der Waals surface area (Å²) in [6, 6.07) is 14.3. The van der Waals surface area contributed by atoms with E-state index in [2.05, 4.69) is 0 Å². The van der Waals surface area contributed by atoms with Crippen LogP contribution in [-0.2, 0) is 4.74 Å². The van der Waals surface area contributed by atoms with E-state index in [4.69, 9.17) is 4.74 Å². The Morgan fingerprint density at radius 1 is 0.618 bits per heavy atom. The first-order valence-corrected chi connectivity index (χ1v) is 11.3. The van der Waals surface area contributed by atoms with Crippen LogP contribution in [0.2, 0.25) is 0 Å². The highest BCUT2D eigenvalue weighted by molar-refractivity contribution is 6.40. The van der Waals surface area contributed by atoms with Crippen molar-refractivity contribution in [2.24, 2.45) is 0 Å². The van der Waals surface area contributed by atoms with E-state index < -0.39 is 11.9 Å². The molecule has 164 valence electrons. The summed E-state index contributed by atoms with van der Waals surface area (Å²) >= 11 is 0. The number of cyclic esters (lactones) is 2. The molecule has 0 aliphatic carbocycles. The third kappa shape index (κ3) is 2.07. The molecule has 0 saturated heterocycles. The van der Waals surface area contributed by atoms with E-state index in [1.807, 2.05) is 38.1 Å². The molecule has 0 N–H and O–H groups in total. The van der Waals surface area contributed by atoms with Gasteiger partial charge in [-0.2, -0.15) is 0 Å². The SMILES string of the molecule is CCC(C)N1C(=O)c2ccc3c4ccc5c6c(ccc(c7ccc(c2c37)C1=O)c64)C(=O)OC5=O. The van der Waals surface area contributed by atoms with E-state index in [-0.39, 0.29) is 17.9 Å². The van der Waals surface area contributed by atoms with E-state index in [1.165, 1.54) is 4.90 Å². The molecule has 1 atom stereocenters. The summed E-state index contributed by atoms with van der Waals surface area (Å²) in [5.74, 6) is -1.86. The zero-order valence-electron chi connectivity index (χ0n) is 18.4. The fraction of sp³-hybridized carbons (Fsp3) is 0.143. The second-order valence-corrected chi connectivity index (χ2v) is 9.06. The predicted molar refractivity (Wildman–Crippen MR) is 128 cm³/mol. The van der Waals surface area contributed by atoms with Gasteiger partial charge in [0.1, 0.15) is 0 Å². The van der Waals surface area contributed by atoms with Gasteiger partial charge in [-0.15, -0.1) is 0 Å². The molecule has 6 heteroatoms. The van der Waals surface area contributed by atoms with E-state index in [0.717, 1.165) is 32.3 Å². The average molecular weight is 447 g/mol. The molecule has 2 aliphatic heterocycles. The highest BCUT2D eigenvalue weighted by atomic mass is 16.6. The maximum atomic E-state index is 13.4. The van der Waals surface area contributed by atoms with Crippen LogP contribution in [0.3, 0.4) is 0 Å². The number of ether oxygens (including phenoxy) is 1. The second-order valence-electron chi connectivity index (χ2n) is 9.06. The molecule has 0 bridgehead atoms. The molecule has 0 saturated carbocycles. The van der Waals surface area contributed by atoms with Crippen LogP contribution < -0.4 is 0 Å². The van der Waals surface area contributed by atoms with Crippen molar-refractivity contribution >= 4 is 66.8 Å². The van der Waals surface area contributed by atoms with Crippen LogP contribution in [0.5, 0.6) is 0 Å². The number of imide groups is 1. The summed E-state index contributed by atoms with van der Waals surface area (Å²) in [7, 11) is 0. The fourth-order valence-corrected chi connectivity index (χ4v) is 5.71. The normalized spacial score (nSPS) is 16.4. The van der Waals surface area contributed by atoms with Gasteiger partial charge in [-0.1, -0.05) is 31.2 Å². The molecule has 0 fully saturated rings. The number of carbonyl (C=O) groups is 4. The molecule has 2 aliphatic rings. The lowest BCUT2D eigenvalue weighted by Gasteiger charge is -2.32. The Bertz CT molecular complexity index is 1700. The van der Waals surface area contributed by atoms with Crippen molar-refractivity contribution in [2.75, 3.05) is 0 Å². The van der Waals surface area contributed by atoms with Crippen molar-refractivity contribution in [1.82, 2.24) is 4.90 Å². The molecule has 5 aromatic carbocycles. The molecule has 0 aromatic heterocycles. The third-order valence-corrected chi connectivity index (χ3v) is 7.46. The number of benzene rings is 5. The smallest absolute Gasteiger partial charge is 0.346 e. The van der Waals surface area contributed by atoms with Crippen LogP contribution in [0.4, 0.5) is 0 Å². The lowest BCUT2D eigenvalue weighted by Crippen LogP contribution is -2.45. The lowest BCUT2D eigenvalue weighted by atomic mass is 9.82. The van der Waals surface area contributed by atoms with Crippen molar-refractivity contribution in [3.05, 3.63) is 70.8 Å². The fourth-order valence-electron chi connectivity index (χ4n) is 5.71. The Kier molecular flexibility index (Phi) is 3.48. The molecule has 5 aromatic rings. The number of rotatable bonds is 2. The third-order valence-electron chi connectivity index (χ3n) is 7.46. The average Bonchev–Trinajstić information content (AvgIpc) is 2.84. The van der Waals surface area contributed by atoms with Crippen molar-refractivity contribution in [3.63, 3.8) is 0 Å². The minimum absolute atomic E-state index is 0.204. The Balaban J connectivity index is 1.68. The predicted octanol–water partition coefficient (Wildman–Crippen LogP) is 5.44. The van der Waals surface area contributed by atoms with Crippen LogP contribution in [0.25, 0.3) is 43.1 Å². The molecule has 0 radical (unpaired) electrons. The molecule has 6 nitrogen and oxygen atoms in total. The number of hydrogen-bond acceptors (Lipinski definition) is 5. The topological polar surface area (TPSA) is 80.8 Å². The minimum Gasteiger partial charge on any atom is -0.386 e. The molecule has 34 heavy (non-hydrogen) atoms. The summed E-state index contributed by atoms with van der Waals surface area (Å²) in [5, 5.41) is 6.37. The van der Waals surface area contributed by atoms with E-state index in [1.54, 1.807) is 24.3 Å². The maximum Gasteiger partial charge on any atom is 0.346 e. The van der Waals surface area contributed by atoms with Gasteiger partial charge in [0.05, 0.1) is 11.1 Å². The highest BCUT2D eigenvalue weighted by Crippen LogP contribution is 2.46. The number of amides is 2. The first-order valence-electron chi connectivity index (χ1n) is 11.3. The van der Waals surface area contributed by atoms with E-state index >= 15 is 0 Å². The Hall–Kier alpha value is -4.32. The minimum atomic E-state index is -0.654. The van der Waals surface area contributed by atoms with Gasteiger partial charge < -0.3 is 4.74 Å². The van der Waals surface area contributed by atoms with Gasteiger partial charge in [0.2, 0.25) is 0 Å². The highest BCUT2D eigenvalue weighted by Gasteiger charge is 2.37. The number of carbonyl (C=O) groups excluding carboxylic acids is 4.